The summed E-state index contributed by atoms with van der Waals surface area (Å²) in [4.78, 5) is 13.0. The summed E-state index contributed by atoms with van der Waals surface area (Å²) in [6.45, 7) is 1.27. The summed E-state index contributed by atoms with van der Waals surface area (Å²) in [5.41, 5.74) is 7.36. The summed E-state index contributed by atoms with van der Waals surface area (Å²) in [5.74, 6) is -0.496. The highest BCUT2D eigenvalue weighted by atomic mass is 19.4. The van der Waals surface area contributed by atoms with Crippen molar-refractivity contribution in [3.8, 4) is 0 Å². The molecule has 2 unspecified atom stereocenters. The van der Waals surface area contributed by atoms with Crippen LogP contribution in [0.4, 0.5) is 13.2 Å². The number of nitrogens with two attached hydrogens (primary N) is 1. The molecular formula is C20H27F3N2O2. The molecule has 1 aromatic carbocycles. The molecule has 150 valence electrons. The quantitative estimate of drug-likeness (QED) is 0.761. The molecule has 4 nitrogen and oxygen atoms in total. The van der Waals surface area contributed by atoms with E-state index in [0.717, 1.165) is 24.8 Å². The van der Waals surface area contributed by atoms with Crippen molar-refractivity contribution in [3.05, 3.63) is 35.9 Å². The molecule has 1 aromatic rings. The highest BCUT2D eigenvalue weighted by molar-refractivity contribution is 5.66. The van der Waals surface area contributed by atoms with Crippen molar-refractivity contribution < 1.29 is 22.7 Å². The first kappa shape index (κ1) is 20.1. The van der Waals surface area contributed by atoms with Crippen LogP contribution in [0.5, 0.6) is 0 Å². The first-order valence-electron chi connectivity index (χ1n) is 9.58. The molecule has 0 aromatic heterocycles. The van der Waals surface area contributed by atoms with Gasteiger partial charge in [0, 0.05) is 13.0 Å². The zero-order valence-corrected chi connectivity index (χ0v) is 15.5. The van der Waals surface area contributed by atoms with Gasteiger partial charge in [-0.05, 0) is 43.6 Å². The van der Waals surface area contributed by atoms with E-state index in [1.165, 1.54) is 11.8 Å². The van der Waals surface area contributed by atoms with Crippen LogP contribution in [0.1, 0.15) is 44.6 Å². The Labute approximate surface area is 157 Å². The fourth-order valence-corrected chi connectivity index (χ4v) is 4.71. The molecule has 1 aliphatic heterocycles. The predicted molar refractivity (Wildman–Crippen MR) is 95.7 cm³/mol. The second-order valence-corrected chi connectivity index (χ2v) is 7.66. The van der Waals surface area contributed by atoms with Crippen LogP contribution in [0.15, 0.2) is 30.3 Å². The second kappa shape index (κ2) is 8.19. The lowest BCUT2D eigenvalue weighted by atomic mass is 10.0. The molecule has 1 saturated carbocycles. The van der Waals surface area contributed by atoms with Crippen LogP contribution in [0, 0.1) is 5.92 Å². The van der Waals surface area contributed by atoms with E-state index < -0.39 is 30.5 Å². The Morgan fingerprint density at radius 1 is 1.30 bits per heavy atom. The Hall–Kier alpha value is -1.60. The molecule has 2 fully saturated rings. The van der Waals surface area contributed by atoms with Crippen molar-refractivity contribution in [3.63, 3.8) is 0 Å². The number of esters is 1. The van der Waals surface area contributed by atoms with Gasteiger partial charge in [-0.3, -0.25) is 9.69 Å². The molecule has 3 rings (SSSR count). The number of alkyl halides is 3. The summed E-state index contributed by atoms with van der Waals surface area (Å²) in [7, 11) is 0. The van der Waals surface area contributed by atoms with Gasteiger partial charge in [0.05, 0.1) is 6.17 Å². The summed E-state index contributed by atoms with van der Waals surface area (Å²) in [6.07, 6.45) is -2.54. The zero-order valence-electron chi connectivity index (χ0n) is 15.5. The van der Waals surface area contributed by atoms with Gasteiger partial charge >= 0.3 is 12.1 Å². The van der Waals surface area contributed by atoms with E-state index in [9.17, 15) is 18.0 Å². The summed E-state index contributed by atoms with van der Waals surface area (Å²) < 4.78 is 46.3. The van der Waals surface area contributed by atoms with Crippen LogP contribution in [0.25, 0.3) is 0 Å². The Morgan fingerprint density at radius 2 is 2.00 bits per heavy atom. The minimum atomic E-state index is -4.33. The van der Waals surface area contributed by atoms with Crippen LogP contribution >= 0.6 is 0 Å². The average molecular weight is 384 g/mol. The van der Waals surface area contributed by atoms with Crippen LogP contribution < -0.4 is 5.73 Å². The first-order valence-corrected chi connectivity index (χ1v) is 9.58. The second-order valence-electron chi connectivity index (χ2n) is 7.66. The van der Waals surface area contributed by atoms with Crippen molar-refractivity contribution >= 4 is 5.97 Å². The molecule has 1 aliphatic carbocycles. The monoisotopic (exact) mass is 384 g/mol. The topological polar surface area (TPSA) is 55.6 Å². The molecular weight excluding hydrogens is 357 g/mol. The smallest absolute Gasteiger partial charge is 0.404 e. The van der Waals surface area contributed by atoms with Gasteiger partial charge in [0.2, 0.25) is 0 Å². The SMILES string of the molecule is CC(=O)OC(CCc1ccccc1)C(N)N1[C@H](C(F)(F)F)C[C@@H]2CCC[C@@H]21. The van der Waals surface area contributed by atoms with E-state index >= 15 is 0 Å². The number of halogens is 3. The van der Waals surface area contributed by atoms with E-state index in [-0.39, 0.29) is 18.4 Å². The van der Waals surface area contributed by atoms with E-state index in [4.69, 9.17) is 10.5 Å². The maximum absolute atomic E-state index is 13.7. The van der Waals surface area contributed by atoms with Gasteiger partial charge in [0.15, 0.2) is 0 Å². The van der Waals surface area contributed by atoms with E-state index in [2.05, 4.69) is 0 Å². The number of hydrogen-bond acceptors (Lipinski definition) is 4. The maximum Gasteiger partial charge on any atom is 0.404 e. The van der Waals surface area contributed by atoms with Crippen molar-refractivity contribution in [2.45, 2.75) is 76.0 Å². The third-order valence-corrected chi connectivity index (χ3v) is 5.87. The number of fused-ring (bicyclic) bond motifs is 1. The highest BCUT2D eigenvalue weighted by Gasteiger charge is 2.56. The van der Waals surface area contributed by atoms with Crippen molar-refractivity contribution in [1.29, 1.82) is 0 Å². The standard InChI is InChI=1S/C20H27F3N2O2/c1-13(26)27-17(11-10-14-6-3-2-4-7-14)19(24)25-16-9-5-8-15(16)12-18(25)20(21,22)23/h2-4,6-7,15-19H,5,8-12,24H2,1H3/t15-,16-,17?,18-,19?/m0/s1. The third-order valence-electron chi connectivity index (χ3n) is 5.87. The molecule has 0 spiro atoms. The number of hydrogen-bond donors (Lipinski definition) is 1. The van der Waals surface area contributed by atoms with Gasteiger partial charge < -0.3 is 10.5 Å². The Kier molecular flexibility index (Phi) is 6.11. The molecule has 0 amide bonds. The van der Waals surface area contributed by atoms with Gasteiger partial charge in [-0.15, -0.1) is 0 Å². The van der Waals surface area contributed by atoms with E-state index in [1.807, 2.05) is 30.3 Å². The number of carbonyl (C=O) groups is 1. The van der Waals surface area contributed by atoms with Crippen LogP contribution in [-0.4, -0.2) is 41.4 Å². The molecule has 0 bridgehead atoms. The van der Waals surface area contributed by atoms with Crippen LogP contribution in [0.3, 0.4) is 0 Å². The number of carbonyl (C=O) groups excluding carboxylic acids is 1. The molecule has 27 heavy (non-hydrogen) atoms. The molecule has 1 saturated heterocycles. The fourth-order valence-electron chi connectivity index (χ4n) is 4.71. The third kappa shape index (κ3) is 4.63. The van der Waals surface area contributed by atoms with Gasteiger partial charge in [-0.25, -0.2) is 0 Å². The molecule has 1 heterocycles. The maximum atomic E-state index is 13.7. The largest absolute Gasteiger partial charge is 0.459 e. The van der Waals surface area contributed by atoms with Gasteiger partial charge in [-0.2, -0.15) is 13.2 Å². The highest BCUT2D eigenvalue weighted by Crippen LogP contribution is 2.47. The molecule has 0 radical (unpaired) electrons. The van der Waals surface area contributed by atoms with Crippen LogP contribution in [-0.2, 0) is 16.0 Å². The lowest BCUT2D eigenvalue weighted by molar-refractivity contribution is -0.192. The lowest BCUT2D eigenvalue weighted by Crippen LogP contribution is -2.59. The van der Waals surface area contributed by atoms with Crippen molar-refractivity contribution in [2.24, 2.45) is 11.7 Å². The molecule has 7 heteroatoms. The van der Waals surface area contributed by atoms with E-state index in [1.54, 1.807) is 0 Å². The van der Waals surface area contributed by atoms with Gasteiger partial charge in [0.25, 0.3) is 0 Å². The predicted octanol–water partition coefficient (Wildman–Crippen LogP) is 3.64. The van der Waals surface area contributed by atoms with Crippen molar-refractivity contribution in [1.82, 2.24) is 4.90 Å². The van der Waals surface area contributed by atoms with Crippen LogP contribution in [0.2, 0.25) is 0 Å². The minimum absolute atomic E-state index is 0.0229. The van der Waals surface area contributed by atoms with Crippen molar-refractivity contribution in [2.75, 3.05) is 0 Å². The number of benzene rings is 1. The molecule has 2 aliphatic rings. The Bertz CT molecular complexity index is 638. The number of likely N-dealkylation sites (tertiary alicyclic amines) is 1. The summed E-state index contributed by atoms with van der Waals surface area (Å²) >= 11 is 0. The molecule has 2 N–H and O–H groups in total. The normalized spacial score (nSPS) is 28.0. The number of ether oxygens (including phenoxy) is 1. The first-order chi connectivity index (χ1) is 12.8. The summed E-state index contributed by atoms with van der Waals surface area (Å²) in [6, 6.07) is 7.85. The molecule has 5 atom stereocenters. The lowest BCUT2D eigenvalue weighted by Gasteiger charge is -2.39. The van der Waals surface area contributed by atoms with E-state index in [0.29, 0.717) is 12.8 Å². The Balaban J connectivity index is 1.78. The number of rotatable bonds is 6. The number of nitrogens with zero attached hydrogens (tertiary/aromatic N) is 1. The Morgan fingerprint density at radius 3 is 2.63 bits per heavy atom. The minimum Gasteiger partial charge on any atom is -0.459 e. The van der Waals surface area contributed by atoms with Gasteiger partial charge in [0.1, 0.15) is 12.1 Å². The summed E-state index contributed by atoms with van der Waals surface area (Å²) in [5, 5.41) is 0. The zero-order chi connectivity index (χ0) is 19.6. The average Bonchev–Trinajstić information content (AvgIpc) is 3.19. The number of aryl methyl sites for hydroxylation is 1. The fraction of sp³-hybridized carbons (Fsp3) is 0.650. The van der Waals surface area contributed by atoms with Gasteiger partial charge in [-0.1, -0.05) is 36.8 Å².